The van der Waals surface area contributed by atoms with Crippen molar-refractivity contribution < 1.29 is 24.2 Å². The van der Waals surface area contributed by atoms with E-state index in [9.17, 15) is 14.7 Å². The summed E-state index contributed by atoms with van der Waals surface area (Å²) in [4.78, 5) is 24.7. The van der Waals surface area contributed by atoms with E-state index in [4.69, 9.17) is 9.47 Å². The van der Waals surface area contributed by atoms with Crippen LogP contribution in [0.15, 0.2) is 48.1 Å². The summed E-state index contributed by atoms with van der Waals surface area (Å²) < 4.78 is 11.0. The zero-order valence-electron chi connectivity index (χ0n) is 17.1. The van der Waals surface area contributed by atoms with Crippen LogP contribution in [0, 0.1) is 16.7 Å². The fourth-order valence-electron chi connectivity index (χ4n) is 5.44. The number of esters is 2. The minimum absolute atomic E-state index is 0.0307. The maximum absolute atomic E-state index is 12.4. The number of ether oxygens (including phenoxy) is 2. The largest absolute Gasteiger partial charge is 0.459 e. The van der Waals surface area contributed by atoms with Crippen LogP contribution in [-0.2, 0) is 19.1 Å². The highest BCUT2D eigenvalue weighted by Gasteiger charge is 2.67. The van der Waals surface area contributed by atoms with Crippen molar-refractivity contribution in [2.75, 3.05) is 6.61 Å². The molecule has 0 amide bonds. The average Bonchev–Trinajstić information content (AvgIpc) is 2.91. The number of rotatable bonds is 4. The number of carbonyl (C=O) groups excluding carboxylic acids is 2. The molecule has 1 saturated carbocycles. The third kappa shape index (κ3) is 3.26. The van der Waals surface area contributed by atoms with Gasteiger partial charge in [-0.2, -0.15) is 0 Å². The van der Waals surface area contributed by atoms with Gasteiger partial charge in [0.1, 0.15) is 18.3 Å². The van der Waals surface area contributed by atoms with E-state index in [2.05, 4.69) is 13.8 Å². The molecule has 5 nitrogen and oxygen atoms in total. The molecule has 1 saturated heterocycles. The predicted molar refractivity (Wildman–Crippen MR) is 106 cm³/mol. The Balaban J connectivity index is 1.94. The van der Waals surface area contributed by atoms with E-state index in [1.54, 1.807) is 18.2 Å². The fraction of sp³-hybridized carbons (Fsp3) is 0.565. The van der Waals surface area contributed by atoms with Gasteiger partial charge in [-0.15, -0.1) is 0 Å². The van der Waals surface area contributed by atoms with Gasteiger partial charge in [0.25, 0.3) is 0 Å². The van der Waals surface area contributed by atoms with Crippen molar-refractivity contribution in [3.05, 3.63) is 48.1 Å². The van der Waals surface area contributed by atoms with Crippen LogP contribution < -0.4 is 0 Å². The minimum atomic E-state index is -1.33. The molecule has 0 spiro atoms. The van der Waals surface area contributed by atoms with Gasteiger partial charge in [-0.3, -0.25) is 0 Å². The topological polar surface area (TPSA) is 72.8 Å². The molecule has 2 aliphatic carbocycles. The lowest BCUT2D eigenvalue weighted by molar-refractivity contribution is -0.186. The SMILES string of the molecule is C/C=C/C=C/C=C/C(=O)O[C@@H]1C=C2C(=O)OC[C@]2(O)[C@@]2(C)CCCC(C)(C)[C@H]12. The Hall–Kier alpha value is -2.14. The number of hydrogen-bond donors (Lipinski definition) is 1. The molecule has 0 aromatic heterocycles. The Kier molecular flexibility index (Phi) is 5.41. The fourth-order valence-corrected chi connectivity index (χ4v) is 5.44. The first-order chi connectivity index (χ1) is 13.2. The summed E-state index contributed by atoms with van der Waals surface area (Å²) in [5.74, 6) is -1.10. The molecule has 28 heavy (non-hydrogen) atoms. The summed E-state index contributed by atoms with van der Waals surface area (Å²) in [6.45, 7) is 8.18. The van der Waals surface area contributed by atoms with Crippen LogP contribution in [0.2, 0.25) is 0 Å². The van der Waals surface area contributed by atoms with Crippen molar-refractivity contribution >= 4 is 11.9 Å². The zero-order valence-corrected chi connectivity index (χ0v) is 17.1. The Morgan fingerprint density at radius 1 is 1.21 bits per heavy atom. The molecule has 1 heterocycles. The van der Waals surface area contributed by atoms with Gasteiger partial charge < -0.3 is 14.6 Å². The lowest BCUT2D eigenvalue weighted by Gasteiger charge is -2.59. The Morgan fingerprint density at radius 3 is 2.64 bits per heavy atom. The van der Waals surface area contributed by atoms with E-state index in [0.717, 1.165) is 19.3 Å². The Morgan fingerprint density at radius 2 is 1.93 bits per heavy atom. The van der Waals surface area contributed by atoms with Gasteiger partial charge in [0.05, 0.1) is 5.57 Å². The van der Waals surface area contributed by atoms with Crippen LogP contribution in [0.3, 0.4) is 0 Å². The average molecular weight is 386 g/mol. The van der Waals surface area contributed by atoms with E-state index in [-0.39, 0.29) is 23.5 Å². The third-order valence-corrected chi connectivity index (χ3v) is 6.74. The number of hydrogen-bond acceptors (Lipinski definition) is 5. The summed E-state index contributed by atoms with van der Waals surface area (Å²) in [7, 11) is 0. The molecular weight excluding hydrogens is 356 g/mol. The molecule has 0 unspecified atom stereocenters. The molecule has 2 fully saturated rings. The first-order valence-corrected chi connectivity index (χ1v) is 9.94. The molecule has 5 heteroatoms. The number of allylic oxidation sites excluding steroid dienone is 5. The number of aliphatic hydroxyl groups is 1. The molecule has 0 aromatic carbocycles. The number of carbonyl (C=O) groups is 2. The van der Waals surface area contributed by atoms with Gasteiger partial charge in [0, 0.05) is 17.4 Å². The second kappa shape index (κ2) is 7.36. The highest BCUT2D eigenvalue weighted by Crippen LogP contribution is 2.62. The zero-order chi connectivity index (χ0) is 20.6. The summed E-state index contributed by atoms with van der Waals surface area (Å²) >= 11 is 0. The summed E-state index contributed by atoms with van der Waals surface area (Å²) in [6, 6.07) is 0. The summed E-state index contributed by atoms with van der Waals surface area (Å²) in [5.41, 5.74) is -1.86. The summed E-state index contributed by atoms with van der Waals surface area (Å²) in [5, 5.41) is 11.5. The van der Waals surface area contributed by atoms with Crippen LogP contribution in [0.4, 0.5) is 0 Å². The van der Waals surface area contributed by atoms with Crippen molar-refractivity contribution in [2.45, 2.75) is 58.7 Å². The molecule has 3 rings (SSSR count). The highest BCUT2D eigenvalue weighted by atomic mass is 16.6. The van der Waals surface area contributed by atoms with Gasteiger partial charge in [-0.25, -0.2) is 9.59 Å². The lowest BCUT2D eigenvalue weighted by Crippen LogP contribution is -2.63. The molecule has 1 aliphatic heterocycles. The van der Waals surface area contributed by atoms with E-state index in [1.807, 2.05) is 32.1 Å². The minimum Gasteiger partial charge on any atom is -0.459 e. The molecule has 0 bridgehead atoms. The maximum atomic E-state index is 12.4. The van der Waals surface area contributed by atoms with Crippen LogP contribution >= 0.6 is 0 Å². The quantitative estimate of drug-likeness (QED) is 0.454. The van der Waals surface area contributed by atoms with E-state index < -0.39 is 29.1 Å². The van der Waals surface area contributed by atoms with Crippen LogP contribution in [-0.4, -0.2) is 35.4 Å². The number of fused-ring (bicyclic) bond motifs is 3. The molecule has 0 radical (unpaired) electrons. The smallest absolute Gasteiger partial charge is 0.337 e. The van der Waals surface area contributed by atoms with Crippen LogP contribution in [0.25, 0.3) is 0 Å². The standard InChI is InChI=1S/C23H30O5/c1-5-6-7-8-9-11-18(24)28-17-14-16-20(25)27-15-23(16,26)22(4)13-10-12-21(2,3)19(17)22/h5-9,11,14,17,19,26H,10,12-13,15H2,1-4H3/b6-5+,8-7+,11-9+/t17-,19+,22+,23-/m1/s1. The first kappa shape index (κ1) is 20.6. The van der Waals surface area contributed by atoms with Crippen molar-refractivity contribution in [1.29, 1.82) is 0 Å². The molecule has 0 aromatic rings. The van der Waals surface area contributed by atoms with Gasteiger partial charge >= 0.3 is 11.9 Å². The first-order valence-electron chi connectivity index (χ1n) is 9.94. The Bertz CT molecular complexity index is 772. The van der Waals surface area contributed by atoms with E-state index in [0.29, 0.717) is 0 Å². The highest BCUT2D eigenvalue weighted by molar-refractivity contribution is 5.94. The van der Waals surface area contributed by atoms with Crippen molar-refractivity contribution in [3.8, 4) is 0 Å². The normalized spacial score (nSPS) is 37.0. The maximum Gasteiger partial charge on any atom is 0.337 e. The van der Waals surface area contributed by atoms with Gasteiger partial charge in [-0.1, -0.05) is 57.6 Å². The van der Waals surface area contributed by atoms with Gasteiger partial charge in [0.2, 0.25) is 0 Å². The van der Waals surface area contributed by atoms with Gasteiger partial charge in [0.15, 0.2) is 0 Å². The Labute approximate surface area is 166 Å². The molecular formula is C23H30O5. The van der Waals surface area contributed by atoms with Crippen molar-refractivity contribution in [1.82, 2.24) is 0 Å². The second-order valence-corrected chi connectivity index (χ2v) is 8.93. The number of cyclic esters (lactones) is 1. The monoisotopic (exact) mass is 386 g/mol. The third-order valence-electron chi connectivity index (χ3n) is 6.74. The van der Waals surface area contributed by atoms with Gasteiger partial charge in [-0.05, 0) is 31.3 Å². The van der Waals surface area contributed by atoms with Crippen LogP contribution in [0.1, 0.15) is 47.0 Å². The predicted octanol–water partition coefficient (Wildman–Crippen LogP) is 3.65. The van der Waals surface area contributed by atoms with Crippen molar-refractivity contribution in [3.63, 3.8) is 0 Å². The second-order valence-electron chi connectivity index (χ2n) is 8.93. The van der Waals surface area contributed by atoms with E-state index in [1.165, 1.54) is 6.08 Å². The summed E-state index contributed by atoms with van der Waals surface area (Å²) in [6.07, 6.45) is 14.0. The molecule has 3 aliphatic rings. The molecule has 1 N–H and O–H groups in total. The molecule has 152 valence electrons. The van der Waals surface area contributed by atoms with Crippen LogP contribution in [0.5, 0.6) is 0 Å². The lowest BCUT2D eigenvalue weighted by atomic mass is 9.46. The molecule has 4 atom stereocenters. The van der Waals surface area contributed by atoms with Crippen molar-refractivity contribution in [2.24, 2.45) is 16.7 Å². The van der Waals surface area contributed by atoms with E-state index >= 15 is 0 Å².